The van der Waals surface area contributed by atoms with Crippen LogP contribution < -0.4 is 32.4 Å². The van der Waals surface area contributed by atoms with E-state index in [1.165, 1.54) is 5.23 Å². The topological polar surface area (TPSA) is 143 Å². The summed E-state index contributed by atoms with van der Waals surface area (Å²) in [5.74, 6) is -0.299. The summed E-state index contributed by atoms with van der Waals surface area (Å²) in [6, 6.07) is 10.8. The SMILES string of the molecule is C[C@@H]1OCC2(CCN(C3CNC4ON(c5cccc(NC(=O)c6cccc7cnn(C)c67)c5Cl)ONC4N3)CC2)[C@@H]1N. The summed E-state index contributed by atoms with van der Waals surface area (Å²) in [6.07, 6.45) is 3.27. The number of carbonyl (C=O) groups excluding carboxylic acids is 1. The number of carbonyl (C=O) groups is 1. The van der Waals surface area contributed by atoms with Crippen molar-refractivity contribution >= 4 is 39.8 Å². The Kier molecular flexibility index (Phi) is 7.33. The normalized spacial score (nSPS) is 29.6. The maximum atomic E-state index is 13.2. The van der Waals surface area contributed by atoms with Crippen LogP contribution in [0.5, 0.6) is 0 Å². The summed E-state index contributed by atoms with van der Waals surface area (Å²) in [4.78, 5) is 27.5. The Bertz CT molecular complexity index is 1480. The zero-order chi connectivity index (χ0) is 29.0. The minimum Gasteiger partial charge on any atom is -0.376 e. The number of halogens is 1. The number of fused-ring (bicyclic) bond motifs is 2. The number of aromatic nitrogens is 2. The van der Waals surface area contributed by atoms with E-state index in [-0.39, 0.29) is 40.8 Å². The molecule has 1 amide bonds. The molecule has 4 fully saturated rings. The molecule has 13 nitrogen and oxygen atoms in total. The first-order valence-corrected chi connectivity index (χ1v) is 14.7. The fraction of sp³-hybridized carbons (Fsp3) is 0.500. The average Bonchev–Trinajstić information content (AvgIpc) is 3.53. The molecular weight excluding hydrogens is 562 g/mol. The van der Waals surface area contributed by atoms with Gasteiger partial charge in [0, 0.05) is 43.5 Å². The summed E-state index contributed by atoms with van der Waals surface area (Å²) < 4.78 is 7.55. The van der Waals surface area contributed by atoms with E-state index in [2.05, 4.69) is 38.4 Å². The van der Waals surface area contributed by atoms with Crippen molar-refractivity contribution in [3.05, 3.63) is 53.2 Å². The Balaban J connectivity index is 0.983. The van der Waals surface area contributed by atoms with Crippen molar-refractivity contribution in [3.8, 4) is 0 Å². The summed E-state index contributed by atoms with van der Waals surface area (Å²) in [6.45, 7) is 5.39. The second kappa shape index (κ2) is 11.0. The Morgan fingerprint density at radius 2 is 2.02 bits per heavy atom. The maximum absolute atomic E-state index is 13.2. The van der Waals surface area contributed by atoms with Crippen molar-refractivity contribution < 1.29 is 19.3 Å². The van der Waals surface area contributed by atoms with E-state index in [0.717, 1.165) is 43.4 Å². The number of likely N-dealkylation sites (tertiary alicyclic amines) is 1. The van der Waals surface area contributed by atoms with Gasteiger partial charge < -0.3 is 15.8 Å². The monoisotopic (exact) mass is 597 g/mol. The van der Waals surface area contributed by atoms with E-state index in [1.807, 2.05) is 12.1 Å². The predicted octanol–water partition coefficient (Wildman–Crippen LogP) is 1.67. The number of aryl methyl sites for hydroxylation is 1. The van der Waals surface area contributed by atoms with E-state index in [4.69, 9.17) is 31.8 Å². The molecule has 5 atom stereocenters. The van der Waals surface area contributed by atoms with Crippen LogP contribution >= 0.6 is 11.6 Å². The number of piperazine rings is 1. The van der Waals surface area contributed by atoms with Crippen LogP contribution in [0, 0.1) is 5.41 Å². The molecular formula is C28H36ClN9O4. The van der Waals surface area contributed by atoms with Crippen LogP contribution in [-0.2, 0) is 21.6 Å². The molecule has 4 aliphatic rings. The fourth-order valence-electron chi connectivity index (χ4n) is 6.58. The van der Waals surface area contributed by atoms with Crippen molar-refractivity contribution in [3.63, 3.8) is 0 Å². The third kappa shape index (κ3) is 4.84. The van der Waals surface area contributed by atoms with E-state index in [0.29, 0.717) is 23.5 Å². The molecule has 42 heavy (non-hydrogen) atoms. The summed E-state index contributed by atoms with van der Waals surface area (Å²) in [5, 5.41) is 16.6. The molecule has 3 aromatic rings. The van der Waals surface area contributed by atoms with Crippen LogP contribution in [0.2, 0.25) is 5.02 Å². The summed E-state index contributed by atoms with van der Waals surface area (Å²) in [5.41, 5.74) is 11.7. The van der Waals surface area contributed by atoms with Crippen LogP contribution in [-0.4, -0.2) is 77.5 Å². The van der Waals surface area contributed by atoms with Gasteiger partial charge in [-0.25, -0.2) is 4.84 Å². The number of piperidine rings is 1. The molecule has 6 N–H and O–H groups in total. The van der Waals surface area contributed by atoms with Gasteiger partial charge in [0.2, 0.25) is 0 Å². The minimum atomic E-state index is -0.416. The first-order chi connectivity index (χ1) is 20.3. The van der Waals surface area contributed by atoms with E-state index >= 15 is 0 Å². The molecule has 4 aliphatic heterocycles. The highest BCUT2D eigenvalue weighted by Gasteiger charge is 2.49. The highest BCUT2D eigenvalue weighted by molar-refractivity contribution is 6.36. The van der Waals surface area contributed by atoms with Gasteiger partial charge in [-0.15, -0.1) is 5.23 Å². The first kappa shape index (κ1) is 28.0. The zero-order valence-corrected chi connectivity index (χ0v) is 24.3. The number of nitrogens with one attached hydrogen (secondary N) is 4. The van der Waals surface area contributed by atoms with Gasteiger partial charge in [-0.1, -0.05) is 29.8 Å². The molecule has 7 rings (SSSR count). The van der Waals surface area contributed by atoms with Crippen LogP contribution in [0.25, 0.3) is 10.9 Å². The summed E-state index contributed by atoms with van der Waals surface area (Å²) in [7, 11) is 1.80. The van der Waals surface area contributed by atoms with Crippen molar-refractivity contribution in [2.75, 3.05) is 36.8 Å². The Morgan fingerprint density at radius 3 is 2.81 bits per heavy atom. The molecule has 5 heterocycles. The van der Waals surface area contributed by atoms with Gasteiger partial charge in [-0.2, -0.15) is 15.5 Å². The number of benzene rings is 2. The van der Waals surface area contributed by atoms with Gasteiger partial charge >= 0.3 is 0 Å². The highest BCUT2D eigenvalue weighted by atomic mass is 35.5. The smallest absolute Gasteiger partial charge is 0.257 e. The average molecular weight is 598 g/mol. The third-order valence-corrected chi connectivity index (χ3v) is 9.57. The lowest BCUT2D eigenvalue weighted by Crippen LogP contribution is -2.74. The van der Waals surface area contributed by atoms with Gasteiger partial charge in [-0.05, 0) is 38.0 Å². The standard InChI is InChI=1S/C28H36ClN9O4/c1-16-24(30)28(15-40-16)9-11-37(12-10-28)21-14-31-27-25(34-21)35-42-38(41-27)20-8-4-7-19(22(20)29)33-26(39)18-6-3-5-17-13-32-36(2)23(17)18/h3-8,13,16,21,24-25,27,31,34-35H,9-12,14-15,30H2,1-2H3,(H,33,39)/t16-,21?,24+,25?,27?/m0/s1. The number of hydroxylamine groups is 1. The van der Waals surface area contributed by atoms with Gasteiger partial charge in [0.15, 0.2) is 6.23 Å². The molecule has 2 aromatic carbocycles. The van der Waals surface area contributed by atoms with Crippen molar-refractivity contribution in [2.45, 2.75) is 50.5 Å². The van der Waals surface area contributed by atoms with Crippen LogP contribution in [0.3, 0.4) is 0 Å². The number of amides is 1. The molecule has 0 saturated carbocycles. The van der Waals surface area contributed by atoms with Crippen molar-refractivity contribution in [2.24, 2.45) is 18.2 Å². The number of nitrogens with two attached hydrogens (primary N) is 1. The second-order valence-corrected chi connectivity index (χ2v) is 12.0. The van der Waals surface area contributed by atoms with Crippen LogP contribution in [0.15, 0.2) is 42.6 Å². The van der Waals surface area contributed by atoms with Gasteiger partial charge in [-0.3, -0.25) is 25.0 Å². The zero-order valence-electron chi connectivity index (χ0n) is 23.5. The molecule has 1 spiro atoms. The van der Waals surface area contributed by atoms with E-state index in [1.54, 1.807) is 42.2 Å². The molecule has 0 aliphatic carbocycles. The lowest BCUT2D eigenvalue weighted by atomic mass is 9.73. The van der Waals surface area contributed by atoms with Crippen LogP contribution in [0.4, 0.5) is 11.4 Å². The molecule has 4 saturated heterocycles. The number of ether oxygens (including phenoxy) is 1. The summed E-state index contributed by atoms with van der Waals surface area (Å²) >= 11 is 6.75. The number of rotatable bonds is 4. The van der Waals surface area contributed by atoms with Gasteiger partial charge in [0.25, 0.3) is 5.91 Å². The first-order valence-electron chi connectivity index (χ1n) is 14.3. The second-order valence-electron chi connectivity index (χ2n) is 11.6. The van der Waals surface area contributed by atoms with Crippen LogP contribution in [0.1, 0.15) is 30.1 Å². The minimum absolute atomic E-state index is 0.0789. The lowest BCUT2D eigenvalue weighted by Gasteiger charge is -2.49. The predicted molar refractivity (Wildman–Crippen MR) is 157 cm³/mol. The quantitative estimate of drug-likeness (QED) is 0.300. The number of nitrogens with zero attached hydrogens (tertiary/aromatic N) is 4. The molecule has 224 valence electrons. The highest BCUT2D eigenvalue weighted by Crippen LogP contribution is 2.41. The van der Waals surface area contributed by atoms with Crippen molar-refractivity contribution in [1.29, 1.82) is 0 Å². The number of hydrogen-bond acceptors (Lipinski definition) is 11. The Hall–Kier alpha value is -2.85. The van der Waals surface area contributed by atoms with Gasteiger partial charge in [0.1, 0.15) is 11.9 Å². The van der Waals surface area contributed by atoms with E-state index in [9.17, 15) is 4.79 Å². The molecule has 1 aromatic heterocycles. The fourth-order valence-corrected chi connectivity index (χ4v) is 6.82. The maximum Gasteiger partial charge on any atom is 0.257 e. The Labute approximate surface area is 248 Å². The van der Waals surface area contributed by atoms with E-state index < -0.39 is 6.23 Å². The molecule has 0 bridgehead atoms. The third-order valence-electron chi connectivity index (χ3n) is 9.17. The van der Waals surface area contributed by atoms with Gasteiger partial charge in [0.05, 0.1) is 46.9 Å². The largest absolute Gasteiger partial charge is 0.376 e. The van der Waals surface area contributed by atoms with Crippen molar-refractivity contribution in [1.82, 2.24) is 30.8 Å². The Morgan fingerprint density at radius 1 is 1.21 bits per heavy atom. The lowest BCUT2D eigenvalue weighted by molar-refractivity contribution is -0.250. The number of para-hydroxylation sites is 1. The molecule has 14 heteroatoms. The molecule has 0 radical (unpaired) electrons. The number of anilines is 2. The number of hydrogen-bond donors (Lipinski definition) is 5. The molecule has 3 unspecified atom stereocenters.